The summed E-state index contributed by atoms with van der Waals surface area (Å²) in [5.74, 6) is 0.173. The van der Waals surface area contributed by atoms with Gasteiger partial charge in [0.2, 0.25) is 0 Å². The largest absolute Gasteiger partial charge is 0.505 e. The first kappa shape index (κ1) is 20.9. The van der Waals surface area contributed by atoms with E-state index in [1.165, 1.54) is 5.56 Å². The molecule has 1 aromatic heterocycles. The maximum Gasteiger partial charge on any atom is 0.257 e. The molecule has 3 aromatic rings. The Bertz CT molecular complexity index is 1160. The van der Waals surface area contributed by atoms with Crippen LogP contribution in [0.3, 0.4) is 0 Å². The van der Waals surface area contributed by atoms with Gasteiger partial charge in [0.15, 0.2) is 5.75 Å². The fourth-order valence-corrected chi connectivity index (χ4v) is 4.22. The van der Waals surface area contributed by atoms with E-state index >= 15 is 0 Å². The molecule has 4 rings (SSSR count). The number of rotatable bonds is 5. The summed E-state index contributed by atoms with van der Waals surface area (Å²) < 4.78 is 0. The number of aromatic hydroxyl groups is 1. The lowest BCUT2D eigenvalue weighted by molar-refractivity contribution is 0.0782. The maximum absolute atomic E-state index is 13.0. The Morgan fingerprint density at radius 3 is 2.61 bits per heavy atom. The minimum absolute atomic E-state index is 0.0331. The molecule has 0 saturated carbocycles. The number of hydrogen-bond acceptors (Lipinski definition) is 3. The van der Waals surface area contributed by atoms with E-state index in [0.29, 0.717) is 18.0 Å². The van der Waals surface area contributed by atoms with Crippen LogP contribution in [0, 0.1) is 5.92 Å². The zero-order valence-corrected chi connectivity index (χ0v) is 18.2. The van der Waals surface area contributed by atoms with Gasteiger partial charge >= 0.3 is 0 Å². The van der Waals surface area contributed by atoms with Crippen LogP contribution < -0.4 is 0 Å². The van der Waals surface area contributed by atoms with Crippen LogP contribution in [0.2, 0.25) is 0 Å². The van der Waals surface area contributed by atoms with Gasteiger partial charge in [-0.1, -0.05) is 74.5 Å². The van der Waals surface area contributed by atoms with Crippen LogP contribution in [0.15, 0.2) is 79.0 Å². The fraction of sp³-hybridized carbons (Fsp3) is 0.259. The molecule has 0 saturated heterocycles. The average Bonchev–Trinajstić information content (AvgIpc) is 2.80. The average molecular weight is 413 g/mol. The molecule has 0 aliphatic heterocycles. The molecule has 1 aliphatic carbocycles. The Hall–Kier alpha value is -3.40. The molecule has 2 aromatic carbocycles. The third-order valence-corrected chi connectivity index (χ3v) is 6.35. The number of pyridine rings is 1. The number of phenolic OH excluding ortho intramolecular Hbond substituents is 1. The van der Waals surface area contributed by atoms with Gasteiger partial charge in [-0.2, -0.15) is 0 Å². The molecule has 1 N–H and O–H groups in total. The van der Waals surface area contributed by atoms with Crippen LogP contribution in [0.4, 0.5) is 0 Å². The van der Waals surface area contributed by atoms with Gasteiger partial charge in [-0.3, -0.25) is 9.78 Å². The zero-order valence-electron chi connectivity index (χ0n) is 18.2. The highest BCUT2D eigenvalue weighted by Crippen LogP contribution is 2.36. The molecule has 1 aliphatic rings. The molecular formula is C27H28N2O2. The molecular weight excluding hydrogens is 384 g/mol. The predicted molar refractivity (Wildman–Crippen MR) is 125 cm³/mol. The lowest BCUT2D eigenvalue weighted by atomic mass is 9.71. The molecule has 0 fully saturated rings. The van der Waals surface area contributed by atoms with Crippen LogP contribution in [0.25, 0.3) is 10.9 Å². The lowest BCUT2D eigenvalue weighted by Gasteiger charge is -2.33. The van der Waals surface area contributed by atoms with E-state index in [9.17, 15) is 9.90 Å². The second-order valence-corrected chi connectivity index (χ2v) is 8.77. The van der Waals surface area contributed by atoms with Gasteiger partial charge in [-0.05, 0) is 41.0 Å². The molecule has 4 nitrogen and oxygen atoms in total. The van der Waals surface area contributed by atoms with Gasteiger partial charge in [-0.25, -0.2) is 0 Å². The summed E-state index contributed by atoms with van der Waals surface area (Å²) in [7, 11) is 1.75. The van der Waals surface area contributed by atoms with E-state index in [1.807, 2.05) is 18.2 Å². The number of hydrogen-bond donors (Lipinski definition) is 1. The minimum atomic E-state index is -0.228. The van der Waals surface area contributed by atoms with Crippen LogP contribution in [0.5, 0.6) is 5.75 Å². The van der Waals surface area contributed by atoms with Gasteiger partial charge in [0.05, 0.1) is 5.56 Å². The minimum Gasteiger partial charge on any atom is -0.505 e. The molecule has 1 amide bonds. The SMILES string of the molecule is CN(Cc1ccc(C(C)(C)C2C=CC=CC2)cc1)C(=O)c1ccc2cccnc2c1O. The van der Waals surface area contributed by atoms with Crippen LogP contribution >= 0.6 is 0 Å². The zero-order chi connectivity index (χ0) is 22.0. The number of amides is 1. The number of carbonyl (C=O) groups excluding carboxylic acids is 1. The van der Waals surface area contributed by atoms with E-state index in [2.05, 4.69) is 67.4 Å². The van der Waals surface area contributed by atoms with Crippen molar-refractivity contribution in [2.24, 2.45) is 5.92 Å². The lowest BCUT2D eigenvalue weighted by Crippen LogP contribution is -2.28. The highest BCUT2D eigenvalue weighted by Gasteiger charge is 2.29. The van der Waals surface area contributed by atoms with Crippen molar-refractivity contribution in [1.29, 1.82) is 0 Å². The highest BCUT2D eigenvalue weighted by atomic mass is 16.3. The van der Waals surface area contributed by atoms with E-state index in [4.69, 9.17) is 0 Å². The van der Waals surface area contributed by atoms with Crippen molar-refractivity contribution in [1.82, 2.24) is 9.88 Å². The number of nitrogens with zero attached hydrogens (tertiary/aromatic N) is 2. The van der Waals surface area contributed by atoms with E-state index in [-0.39, 0.29) is 22.6 Å². The first-order chi connectivity index (χ1) is 14.9. The topological polar surface area (TPSA) is 53.4 Å². The van der Waals surface area contributed by atoms with Gasteiger partial charge in [0.25, 0.3) is 5.91 Å². The maximum atomic E-state index is 13.0. The summed E-state index contributed by atoms with van der Waals surface area (Å²) in [6.45, 7) is 5.02. The molecule has 158 valence electrons. The van der Waals surface area contributed by atoms with E-state index in [0.717, 1.165) is 17.4 Å². The van der Waals surface area contributed by atoms with E-state index < -0.39 is 0 Å². The summed E-state index contributed by atoms with van der Waals surface area (Å²) >= 11 is 0. The van der Waals surface area contributed by atoms with Crippen molar-refractivity contribution >= 4 is 16.8 Å². The summed E-state index contributed by atoms with van der Waals surface area (Å²) in [4.78, 5) is 18.8. The summed E-state index contributed by atoms with van der Waals surface area (Å²) in [6, 6.07) is 15.7. The Labute approximate surface area is 183 Å². The number of benzene rings is 2. The predicted octanol–water partition coefficient (Wildman–Crippen LogP) is 5.62. The Kier molecular flexibility index (Phi) is 5.64. The Morgan fingerprint density at radius 1 is 1.13 bits per heavy atom. The van der Waals surface area contributed by atoms with Gasteiger partial charge in [-0.15, -0.1) is 0 Å². The van der Waals surface area contributed by atoms with Gasteiger partial charge < -0.3 is 10.0 Å². The molecule has 1 unspecified atom stereocenters. The summed E-state index contributed by atoms with van der Waals surface area (Å²) in [5, 5.41) is 11.4. The van der Waals surface area contributed by atoms with Gasteiger partial charge in [0, 0.05) is 25.2 Å². The molecule has 0 bridgehead atoms. The molecule has 31 heavy (non-hydrogen) atoms. The molecule has 1 atom stereocenters. The van der Waals surface area contributed by atoms with Crippen LogP contribution in [-0.4, -0.2) is 27.9 Å². The van der Waals surface area contributed by atoms with Crippen LogP contribution in [0.1, 0.15) is 41.8 Å². The molecule has 0 spiro atoms. The third-order valence-electron chi connectivity index (χ3n) is 6.35. The molecule has 4 heteroatoms. The van der Waals surface area contributed by atoms with Crippen molar-refractivity contribution < 1.29 is 9.90 Å². The number of allylic oxidation sites excluding steroid dienone is 4. The van der Waals surface area contributed by atoms with E-state index in [1.54, 1.807) is 24.2 Å². The smallest absolute Gasteiger partial charge is 0.257 e. The number of phenols is 1. The molecule has 0 radical (unpaired) electrons. The van der Waals surface area contributed by atoms with Crippen molar-refractivity contribution in [2.75, 3.05) is 7.05 Å². The second-order valence-electron chi connectivity index (χ2n) is 8.77. The standard InChI is InChI=1S/C27H28N2O2/c1-27(2,21-9-5-4-6-10-21)22-14-11-19(12-15-22)18-29(3)26(31)23-16-13-20-8-7-17-28-24(20)25(23)30/h4-9,11-17,21,30H,10,18H2,1-3H3. The molecule has 1 heterocycles. The van der Waals surface area contributed by atoms with Crippen molar-refractivity contribution in [3.05, 3.63) is 95.7 Å². The monoisotopic (exact) mass is 412 g/mol. The normalized spacial score (nSPS) is 15.9. The van der Waals surface area contributed by atoms with Crippen molar-refractivity contribution in [2.45, 2.75) is 32.2 Å². The summed E-state index contributed by atoms with van der Waals surface area (Å²) in [6.07, 6.45) is 11.4. The van der Waals surface area contributed by atoms with Crippen molar-refractivity contribution in [3.63, 3.8) is 0 Å². The van der Waals surface area contributed by atoms with Crippen LogP contribution in [-0.2, 0) is 12.0 Å². The first-order valence-electron chi connectivity index (χ1n) is 10.6. The number of aromatic nitrogens is 1. The number of fused-ring (bicyclic) bond motifs is 1. The quantitative estimate of drug-likeness (QED) is 0.591. The Balaban J connectivity index is 1.49. The van der Waals surface area contributed by atoms with Gasteiger partial charge in [0.1, 0.15) is 5.52 Å². The number of carbonyl (C=O) groups is 1. The fourth-order valence-electron chi connectivity index (χ4n) is 4.22. The Morgan fingerprint density at radius 2 is 1.90 bits per heavy atom. The highest BCUT2D eigenvalue weighted by molar-refractivity contribution is 6.02. The van der Waals surface area contributed by atoms with Crippen molar-refractivity contribution in [3.8, 4) is 5.75 Å². The second kappa shape index (κ2) is 8.38. The summed E-state index contributed by atoms with van der Waals surface area (Å²) in [5.41, 5.74) is 3.08. The third kappa shape index (κ3) is 4.11. The first-order valence-corrected chi connectivity index (χ1v) is 10.6.